The van der Waals surface area contributed by atoms with Crippen LogP contribution in [0.15, 0.2) is 24.4 Å². The second-order valence-electron chi connectivity index (χ2n) is 3.46. The summed E-state index contributed by atoms with van der Waals surface area (Å²) in [4.78, 5) is 15.5. The van der Waals surface area contributed by atoms with Crippen molar-refractivity contribution in [2.75, 3.05) is 5.73 Å². The van der Waals surface area contributed by atoms with Gasteiger partial charge in [-0.1, -0.05) is 0 Å². The third kappa shape index (κ3) is 1.01. The number of nitrogens with two attached hydrogens (primary N) is 1. The van der Waals surface area contributed by atoms with E-state index in [4.69, 9.17) is 10.5 Å². The number of anilines is 1. The van der Waals surface area contributed by atoms with Crippen molar-refractivity contribution in [3.63, 3.8) is 0 Å². The summed E-state index contributed by atoms with van der Waals surface area (Å²) >= 11 is 0. The van der Waals surface area contributed by atoms with E-state index in [0.29, 0.717) is 17.9 Å². The summed E-state index contributed by atoms with van der Waals surface area (Å²) in [5.41, 5.74) is 8.75. The average Bonchev–Trinajstić information content (AvgIpc) is 2.61. The summed E-state index contributed by atoms with van der Waals surface area (Å²) in [6.45, 7) is 0.293. The Balaban J connectivity index is 2.48. The standard InChI is InChI=1S/C11H8N2O2/c12-8-3-4-13-9-2-1-6-7(10(8)9)5-15-11(6)14/h1-4H,5H2,(H2,12,13). The minimum Gasteiger partial charge on any atom is -0.457 e. The number of pyridine rings is 1. The Bertz CT molecular complexity index is 578. The number of ether oxygens (including phenoxy) is 1. The first-order valence-corrected chi connectivity index (χ1v) is 4.60. The van der Waals surface area contributed by atoms with Gasteiger partial charge in [-0.3, -0.25) is 4.98 Å². The molecule has 1 aromatic carbocycles. The number of benzene rings is 1. The van der Waals surface area contributed by atoms with Crippen LogP contribution in [0.5, 0.6) is 0 Å². The number of carbonyl (C=O) groups is 1. The first-order valence-electron chi connectivity index (χ1n) is 4.60. The summed E-state index contributed by atoms with van der Waals surface area (Å²) in [5, 5.41) is 0.834. The van der Waals surface area contributed by atoms with Gasteiger partial charge >= 0.3 is 5.97 Å². The van der Waals surface area contributed by atoms with Crippen LogP contribution < -0.4 is 5.73 Å². The van der Waals surface area contributed by atoms with Crippen LogP contribution in [0.4, 0.5) is 5.69 Å². The second-order valence-corrected chi connectivity index (χ2v) is 3.46. The molecule has 0 bridgehead atoms. The highest BCUT2D eigenvalue weighted by Gasteiger charge is 2.24. The third-order valence-electron chi connectivity index (χ3n) is 2.61. The fourth-order valence-electron chi connectivity index (χ4n) is 1.90. The molecular weight excluding hydrogens is 192 g/mol. The molecule has 1 aromatic heterocycles. The molecule has 0 saturated carbocycles. The van der Waals surface area contributed by atoms with Crippen LogP contribution in [0.25, 0.3) is 10.9 Å². The van der Waals surface area contributed by atoms with Crippen molar-refractivity contribution >= 4 is 22.6 Å². The molecule has 0 unspecified atom stereocenters. The van der Waals surface area contributed by atoms with Crippen molar-refractivity contribution in [2.45, 2.75) is 6.61 Å². The number of hydrogen-bond acceptors (Lipinski definition) is 4. The molecule has 0 atom stereocenters. The molecule has 0 saturated heterocycles. The van der Waals surface area contributed by atoms with E-state index >= 15 is 0 Å². The summed E-state index contributed by atoms with van der Waals surface area (Å²) in [5.74, 6) is -0.282. The van der Waals surface area contributed by atoms with Crippen molar-refractivity contribution in [3.05, 3.63) is 35.5 Å². The van der Waals surface area contributed by atoms with Gasteiger partial charge in [0.15, 0.2) is 0 Å². The van der Waals surface area contributed by atoms with E-state index in [1.807, 2.05) is 0 Å². The van der Waals surface area contributed by atoms with E-state index in [-0.39, 0.29) is 5.97 Å². The Morgan fingerprint density at radius 2 is 2.20 bits per heavy atom. The van der Waals surface area contributed by atoms with Gasteiger partial charge in [0.2, 0.25) is 0 Å². The van der Waals surface area contributed by atoms with Crippen molar-refractivity contribution in [3.8, 4) is 0 Å². The van der Waals surface area contributed by atoms with Gasteiger partial charge in [0, 0.05) is 22.8 Å². The zero-order chi connectivity index (χ0) is 10.4. The second kappa shape index (κ2) is 2.70. The molecule has 4 heteroatoms. The predicted molar refractivity (Wildman–Crippen MR) is 55.3 cm³/mol. The SMILES string of the molecule is Nc1ccnc2ccc3c(c12)COC3=O. The number of carbonyl (C=O) groups excluding carboxylic acids is 1. The summed E-state index contributed by atoms with van der Waals surface area (Å²) in [6, 6.07) is 5.25. The largest absolute Gasteiger partial charge is 0.457 e. The number of aromatic nitrogens is 1. The number of nitrogens with zero attached hydrogens (tertiary/aromatic N) is 1. The lowest BCUT2D eigenvalue weighted by Crippen LogP contribution is -1.95. The minimum absolute atomic E-state index is 0.282. The molecule has 15 heavy (non-hydrogen) atoms. The first kappa shape index (κ1) is 8.23. The van der Waals surface area contributed by atoms with Gasteiger partial charge < -0.3 is 10.5 Å². The number of cyclic esters (lactones) is 1. The average molecular weight is 200 g/mol. The fourth-order valence-corrected chi connectivity index (χ4v) is 1.90. The van der Waals surface area contributed by atoms with Crippen molar-refractivity contribution in [1.29, 1.82) is 0 Å². The Hall–Kier alpha value is -2.10. The van der Waals surface area contributed by atoms with E-state index in [0.717, 1.165) is 16.5 Å². The molecule has 0 fully saturated rings. The highest BCUT2D eigenvalue weighted by Crippen LogP contribution is 2.30. The molecule has 2 N–H and O–H groups in total. The molecule has 1 aliphatic rings. The maximum Gasteiger partial charge on any atom is 0.338 e. The molecule has 2 aromatic rings. The Kier molecular flexibility index (Phi) is 1.48. The number of rotatable bonds is 0. The van der Waals surface area contributed by atoms with Crippen molar-refractivity contribution in [2.24, 2.45) is 0 Å². The molecular formula is C11H8N2O2. The van der Waals surface area contributed by atoms with Gasteiger partial charge in [-0.25, -0.2) is 4.79 Å². The monoisotopic (exact) mass is 200 g/mol. The fraction of sp³-hybridized carbons (Fsp3) is 0.0909. The maximum absolute atomic E-state index is 11.3. The quantitative estimate of drug-likeness (QED) is 0.654. The number of nitrogen functional groups attached to an aromatic ring is 1. The van der Waals surface area contributed by atoms with Gasteiger partial charge in [0.1, 0.15) is 6.61 Å². The predicted octanol–water partition coefficient (Wildman–Crippen LogP) is 1.49. The van der Waals surface area contributed by atoms with Gasteiger partial charge in [-0.05, 0) is 18.2 Å². The van der Waals surface area contributed by atoms with Crippen molar-refractivity contribution in [1.82, 2.24) is 4.98 Å². The van der Waals surface area contributed by atoms with Gasteiger partial charge in [0.25, 0.3) is 0 Å². The van der Waals surface area contributed by atoms with Crippen LogP contribution in [0, 0.1) is 0 Å². The molecule has 74 valence electrons. The molecule has 2 heterocycles. The molecule has 0 radical (unpaired) electrons. The molecule has 0 aliphatic carbocycles. The lowest BCUT2D eigenvalue weighted by molar-refractivity contribution is 0.0535. The molecule has 3 rings (SSSR count). The van der Waals surface area contributed by atoms with E-state index < -0.39 is 0 Å². The summed E-state index contributed by atoms with van der Waals surface area (Å²) in [6.07, 6.45) is 1.65. The van der Waals surface area contributed by atoms with Crippen LogP contribution in [0.3, 0.4) is 0 Å². The Morgan fingerprint density at radius 3 is 3.07 bits per heavy atom. The van der Waals surface area contributed by atoms with Crippen LogP contribution in [0.2, 0.25) is 0 Å². The van der Waals surface area contributed by atoms with Gasteiger partial charge in [0.05, 0.1) is 11.1 Å². The van der Waals surface area contributed by atoms with Crippen LogP contribution in [-0.4, -0.2) is 11.0 Å². The van der Waals surface area contributed by atoms with E-state index in [9.17, 15) is 4.79 Å². The van der Waals surface area contributed by atoms with Gasteiger partial charge in [-0.15, -0.1) is 0 Å². The minimum atomic E-state index is -0.282. The van der Waals surface area contributed by atoms with E-state index in [2.05, 4.69) is 4.98 Å². The van der Waals surface area contributed by atoms with Crippen LogP contribution >= 0.6 is 0 Å². The lowest BCUT2D eigenvalue weighted by Gasteiger charge is -2.04. The van der Waals surface area contributed by atoms with Crippen LogP contribution in [0.1, 0.15) is 15.9 Å². The number of esters is 1. The third-order valence-corrected chi connectivity index (χ3v) is 2.61. The summed E-state index contributed by atoms with van der Waals surface area (Å²) in [7, 11) is 0. The zero-order valence-corrected chi connectivity index (χ0v) is 7.86. The smallest absolute Gasteiger partial charge is 0.338 e. The topological polar surface area (TPSA) is 65.2 Å². The van der Waals surface area contributed by atoms with E-state index in [1.54, 1.807) is 24.4 Å². The molecule has 0 spiro atoms. The van der Waals surface area contributed by atoms with Crippen molar-refractivity contribution < 1.29 is 9.53 Å². The highest BCUT2D eigenvalue weighted by atomic mass is 16.5. The van der Waals surface area contributed by atoms with Crippen LogP contribution in [-0.2, 0) is 11.3 Å². The van der Waals surface area contributed by atoms with Gasteiger partial charge in [-0.2, -0.15) is 0 Å². The Labute approximate surface area is 85.7 Å². The molecule has 1 aliphatic heterocycles. The normalized spacial score (nSPS) is 14.0. The Morgan fingerprint density at radius 1 is 1.33 bits per heavy atom. The maximum atomic E-state index is 11.3. The molecule has 0 amide bonds. The zero-order valence-electron chi connectivity index (χ0n) is 7.86. The number of hydrogen-bond donors (Lipinski definition) is 1. The van der Waals surface area contributed by atoms with E-state index in [1.165, 1.54) is 0 Å². The molecule has 4 nitrogen and oxygen atoms in total. The summed E-state index contributed by atoms with van der Waals surface area (Å²) < 4.78 is 4.96. The highest BCUT2D eigenvalue weighted by molar-refractivity contribution is 6.03. The lowest BCUT2D eigenvalue weighted by atomic mass is 10.0. The first-order chi connectivity index (χ1) is 7.27. The number of fused-ring (bicyclic) bond motifs is 3.